The highest BCUT2D eigenvalue weighted by Crippen LogP contribution is 2.31. The van der Waals surface area contributed by atoms with Crippen molar-refractivity contribution in [3.8, 4) is 0 Å². The van der Waals surface area contributed by atoms with Gasteiger partial charge in [0, 0.05) is 19.6 Å². The van der Waals surface area contributed by atoms with Crippen LogP contribution in [0.3, 0.4) is 0 Å². The summed E-state index contributed by atoms with van der Waals surface area (Å²) < 4.78 is 0. The van der Waals surface area contributed by atoms with Crippen molar-refractivity contribution in [1.82, 2.24) is 15.0 Å². The minimum atomic E-state index is 0.309. The number of anilines is 3. The molecule has 1 aromatic heterocycles. The first kappa shape index (κ1) is 13.4. The van der Waals surface area contributed by atoms with E-state index in [1.54, 1.807) is 0 Å². The number of hydrogen-bond acceptors (Lipinski definition) is 6. The van der Waals surface area contributed by atoms with E-state index in [2.05, 4.69) is 32.1 Å². The zero-order chi connectivity index (χ0) is 13.9. The number of aromatic nitrogens is 3. The molecule has 6 nitrogen and oxygen atoms in total. The van der Waals surface area contributed by atoms with Crippen molar-refractivity contribution in [3.05, 3.63) is 0 Å². The molecule has 0 aromatic carbocycles. The molecule has 20 heavy (non-hydrogen) atoms. The van der Waals surface area contributed by atoms with Crippen LogP contribution in [-0.2, 0) is 0 Å². The third-order valence-corrected chi connectivity index (χ3v) is 4.59. The van der Waals surface area contributed by atoms with Crippen molar-refractivity contribution >= 4 is 17.8 Å². The molecule has 0 radical (unpaired) electrons. The van der Waals surface area contributed by atoms with Gasteiger partial charge in [-0.15, -0.1) is 0 Å². The van der Waals surface area contributed by atoms with E-state index < -0.39 is 0 Å². The predicted octanol–water partition coefficient (Wildman–Crippen LogP) is 1.90. The molecule has 3 N–H and O–H groups in total. The molecule has 1 saturated carbocycles. The lowest BCUT2D eigenvalue weighted by Crippen LogP contribution is -2.23. The van der Waals surface area contributed by atoms with Crippen LogP contribution < -0.4 is 16.0 Å². The summed E-state index contributed by atoms with van der Waals surface area (Å²) in [6.45, 7) is 5.30. The molecular formula is C14H24N6. The second-order valence-electron chi connectivity index (χ2n) is 6.06. The lowest BCUT2D eigenvalue weighted by atomic mass is 9.98. The number of nitrogens with two attached hydrogens (primary N) is 1. The van der Waals surface area contributed by atoms with Crippen molar-refractivity contribution in [2.24, 2.45) is 11.8 Å². The summed E-state index contributed by atoms with van der Waals surface area (Å²) in [6.07, 6.45) is 6.38. The SMILES string of the molecule is CC1CCCC1CNc1nc(N)nc(N2CCCC2)n1. The summed E-state index contributed by atoms with van der Waals surface area (Å²) in [5.74, 6) is 3.17. The van der Waals surface area contributed by atoms with E-state index in [1.807, 2.05) is 0 Å². The van der Waals surface area contributed by atoms with Gasteiger partial charge in [-0.3, -0.25) is 0 Å². The normalized spacial score (nSPS) is 26.1. The van der Waals surface area contributed by atoms with Crippen LogP contribution in [0.15, 0.2) is 0 Å². The Morgan fingerprint density at radius 1 is 1.15 bits per heavy atom. The average Bonchev–Trinajstić information content (AvgIpc) is 3.07. The van der Waals surface area contributed by atoms with Crippen LogP contribution in [0.4, 0.5) is 17.8 Å². The Kier molecular flexibility index (Phi) is 3.89. The highest BCUT2D eigenvalue weighted by molar-refractivity contribution is 5.42. The quantitative estimate of drug-likeness (QED) is 0.874. The molecule has 1 aliphatic carbocycles. The van der Waals surface area contributed by atoms with Gasteiger partial charge >= 0.3 is 0 Å². The Morgan fingerprint density at radius 2 is 1.95 bits per heavy atom. The van der Waals surface area contributed by atoms with Gasteiger partial charge in [0.15, 0.2) is 0 Å². The molecule has 2 unspecified atom stereocenters. The van der Waals surface area contributed by atoms with E-state index >= 15 is 0 Å². The summed E-state index contributed by atoms with van der Waals surface area (Å²) >= 11 is 0. The standard InChI is InChI=1S/C14H24N6/c1-10-5-4-6-11(10)9-16-13-17-12(15)18-14(19-13)20-7-2-3-8-20/h10-11H,2-9H2,1H3,(H3,15,16,17,18,19). The van der Waals surface area contributed by atoms with Gasteiger partial charge in [-0.2, -0.15) is 15.0 Å². The Bertz CT molecular complexity index is 457. The molecule has 0 bridgehead atoms. The van der Waals surface area contributed by atoms with Gasteiger partial charge < -0.3 is 16.0 Å². The van der Waals surface area contributed by atoms with Gasteiger partial charge in [-0.25, -0.2) is 0 Å². The Labute approximate surface area is 120 Å². The Morgan fingerprint density at radius 3 is 2.65 bits per heavy atom. The molecule has 2 heterocycles. The number of rotatable bonds is 4. The van der Waals surface area contributed by atoms with E-state index in [9.17, 15) is 0 Å². The van der Waals surface area contributed by atoms with Crippen LogP contribution in [0.25, 0.3) is 0 Å². The second kappa shape index (κ2) is 5.81. The van der Waals surface area contributed by atoms with Crippen LogP contribution in [0.1, 0.15) is 39.0 Å². The Hall–Kier alpha value is -1.59. The largest absolute Gasteiger partial charge is 0.368 e. The molecule has 1 saturated heterocycles. The van der Waals surface area contributed by atoms with Crippen LogP contribution in [0.2, 0.25) is 0 Å². The van der Waals surface area contributed by atoms with Crippen molar-refractivity contribution in [2.75, 3.05) is 35.6 Å². The van der Waals surface area contributed by atoms with Gasteiger partial charge in [0.2, 0.25) is 17.8 Å². The molecule has 2 atom stereocenters. The van der Waals surface area contributed by atoms with Gasteiger partial charge in [0.05, 0.1) is 0 Å². The van der Waals surface area contributed by atoms with Crippen LogP contribution in [-0.4, -0.2) is 34.6 Å². The fourth-order valence-corrected chi connectivity index (χ4v) is 3.27. The zero-order valence-electron chi connectivity index (χ0n) is 12.2. The highest BCUT2D eigenvalue weighted by Gasteiger charge is 2.23. The average molecular weight is 276 g/mol. The van der Waals surface area contributed by atoms with Crippen LogP contribution in [0, 0.1) is 11.8 Å². The molecule has 110 valence electrons. The number of hydrogen-bond donors (Lipinski definition) is 2. The maximum absolute atomic E-state index is 5.81. The fraction of sp³-hybridized carbons (Fsp3) is 0.786. The Balaban J connectivity index is 1.66. The molecule has 0 amide bonds. The van der Waals surface area contributed by atoms with Crippen LogP contribution in [0.5, 0.6) is 0 Å². The molecule has 1 aromatic rings. The predicted molar refractivity (Wildman–Crippen MR) is 80.7 cm³/mol. The van der Waals surface area contributed by atoms with Gasteiger partial charge in [0.1, 0.15) is 0 Å². The summed E-state index contributed by atoms with van der Waals surface area (Å²) in [7, 11) is 0. The van der Waals surface area contributed by atoms with Gasteiger partial charge in [-0.1, -0.05) is 19.8 Å². The van der Waals surface area contributed by atoms with E-state index in [4.69, 9.17) is 5.73 Å². The van der Waals surface area contributed by atoms with Crippen molar-refractivity contribution < 1.29 is 0 Å². The molecule has 2 aliphatic rings. The topological polar surface area (TPSA) is 80.0 Å². The number of nitrogens with one attached hydrogen (secondary N) is 1. The lowest BCUT2D eigenvalue weighted by molar-refractivity contribution is 0.439. The first-order chi connectivity index (χ1) is 9.72. The molecule has 1 aliphatic heterocycles. The smallest absolute Gasteiger partial charge is 0.231 e. The first-order valence-corrected chi connectivity index (χ1v) is 7.73. The molecule has 2 fully saturated rings. The van der Waals surface area contributed by atoms with E-state index in [-0.39, 0.29) is 0 Å². The third kappa shape index (κ3) is 2.94. The maximum Gasteiger partial charge on any atom is 0.231 e. The second-order valence-corrected chi connectivity index (χ2v) is 6.06. The van der Waals surface area contributed by atoms with E-state index in [0.29, 0.717) is 11.9 Å². The van der Waals surface area contributed by atoms with E-state index in [0.717, 1.165) is 37.4 Å². The minimum absolute atomic E-state index is 0.309. The van der Waals surface area contributed by atoms with E-state index in [1.165, 1.54) is 32.1 Å². The summed E-state index contributed by atoms with van der Waals surface area (Å²) in [5.41, 5.74) is 5.81. The van der Waals surface area contributed by atoms with Crippen LogP contribution >= 0.6 is 0 Å². The summed E-state index contributed by atoms with van der Waals surface area (Å²) in [5, 5.41) is 3.35. The number of nitrogens with zero attached hydrogens (tertiary/aromatic N) is 4. The molecule has 3 rings (SSSR count). The number of nitrogen functional groups attached to an aromatic ring is 1. The molecule has 0 spiro atoms. The zero-order valence-corrected chi connectivity index (χ0v) is 12.2. The first-order valence-electron chi connectivity index (χ1n) is 7.73. The van der Waals surface area contributed by atoms with Crippen molar-refractivity contribution in [3.63, 3.8) is 0 Å². The summed E-state index contributed by atoms with van der Waals surface area (Å²) in [4.78, 5) is 15.2. The molecule has 6 heteroatoms. The monoisotopic (exact) mass is 276 g/mol. The maximum atomic E-state index is 5.81. The van der Waals surface area contributed by atoms with Gasteiger partial charge in [-0.05, 0) is 31.1 Å². The third-order valence-electron chi connectivity index (χ3n) is 4.59. The van der Waals surface area contributed by atoms with Crippen molar-refractivity contribution in [1.29, 1.82) is 0 Å². The highest BCUT2D eigenvalue weighted by atomic mass is 15.3. The fourth-order valence-electron chi connectivity index (χ4n) is 3.27. The minimum Gasteiger partial charge on any atom is -0.368 e. The van der Waals surface area contributed by atoms with Gasteiger partial charge in [0.25, 0.3) is 0 Å². The van der Waals surface area contributed by atoms with Crippen molar-refractivity contribution in [2.45, 2.75) is 39.0 Å². The molecular weight excluding hydrogens is 252 g/mol. The lowest BCUT2D eigenvalue weighted by Gasteiger charge is -2.18. The summed E-state index contributed by atoms with van der Waals surface area (Å²) in [6, 6.07) is 0.